The van der Waals surface area contributed by atoms with Crippen molar-refractivity contribution >= 4 is 31.9 Å². The molecule has 0 aromatic carbocycles. The Kier molecular flexibility index (Phi) is 2.38. The Labute approximate surface area is 134 Å². The molecule has 114 valence electrons. The molecule has 4 rings (SSSR count). The second-order valence-electron chi connectivity index (χ2n) is 6.77. The Hall–Kier alpha value is 0.760. The van der Waals surface area contributed by atoms with Crippen LogP contribution < -0.4 is 0 Å². The van der Waals surface area contributed by atoms with Crippen LogP contribution in [0.5, 0.6) is 0 Å². The Morgan fingerprint density at radius 3 is 2.25 bits per heavy atom. The van der Waals surface area contributed by atoms with Gasteiger partial charge in [0.15, 0.2) is 5.60 Å². The van der Waals surface area contributed by atoms with E-state index in [1.165, 1.54) is 0 Å². The lowest BCUT2D eigenvalue weighted by atomic mass is 9.70. The van der Waals surface area contributed by atoms with Gasteiger partial charge in [-0.05, 0) is 20.3 Å². The Bertz CT molecular complexity index is 505. The number of methoxy groups -OCH3 is 2. The van der Waals surface area contributed by atoms with Gasteiger partial charge in [0.25, 0.3) is 0 Å². The zero-order valence-electron chi connectivity index (χ0n) is 11.8. The molecule has 2 saturated heterocycles. The van der Waals surface area contributed by atoms with E-state index in [0.717, 1.165) is 0 Å². The SMILES string of the molecule is COC1(OC)[C@]2(Br)C[C@H]3C(C)(C)O[C@]4(OC[C@@]42O)[C@]31Br. The van der Waals surface area contributed by atoms with Crippen LogP contribution >= 0.6 is 31.9 Å². The molecule has 4 aliphatic rings. The van der Waals surface area contributed by atoms with Gasteiger partial charge in [-0.3, -0.25) is 0 Å². The minimum absolute atomic E-state index is 0.0786. The maximum atomic E-state index is 11.3. The molecule has 0 radical (unpaired) electrons. The van der Waals surface area contributed by atoms with Gasteiger partial charge in [-0.2, -0.15) is 0 Å². The second-order valence-corrected chi connectivity index (χ2v) is 9.37. The number of ether oxygens (including phenoxy) is 4. The summed E-state index contributed by atoms with van der Waals surface area (Å²) in [5, 5.41) is 11.3. The van der Waals surface area contributed by atoms with Gasteiger partial charge >= 0.3 is 0 Å². The predicted octanol–water partition coefficient (Wildman–Crippen LogP) is 1.54. The van der Waals surface area contributed by atoms with Gasteiger partial charge < -0.3 is 24.1 Å². The lowest BCUT2D eigenvalue weighted by Crippen LogP contribution is -2.77. The van der Waals surface area contributed by atoms with Crippen molar-refractivity contribution in [2.24, 2.45) is 5.92 Å². The molecule has 0 aromatic rings. The molecule has 0 aromatic heterocycles. The third-order valence-corrected chi connectivity index (χ3v) is 9.05. The quantitative estimate of drug-likeness (QED) is 0.549. The van der Waals surface area contributed by atoms with Crippen LogP contribution in [0.3, 0.4) is 0 Å². The molecular formula is C13H18Br2O5. The molecule has 2 saturated carbocycles. The number of aliphatic hydroxyl groups is 1. The number of alkyl halides is 2. The zero-order valence-corrected chi connectivity index (χ0v) is 15.0. The molecule has 2 aliphatic carbocycles. The van der Waals surface area contributed by atoms with Crippen LogP contribution in [0.1, 0.15) is 20.3 Å². The van der Waals surface area contributed by atoms with Crippen molar-refractivity contribution in [2.45, 2.75) is 51.7 Å². The van der Waals surface area contributed by atoms with Crippen LogP contribution in [0.25, 0.3) is 0 Å². The fraction of sp³-hybridized carbons (Fsp3) is 1.00. The summed E-state index contributed by atoms with van der Waals surface area (Å²) in [6, 6.07) is 0. The first-order valence-electron chi connectivity index (χ1n) is 6.67. The highest BCUT2D eigenvalue weighted by molar-refractivity contribution is 9.11. The van der Waals surface area contributed by atoms with E-state index in [-0.39, 0.29) is 12.5 Å². The highest BCUT2D eigenvalue weighted by Crippen LogP contribution is 2.85. The van der Waals surface area contributed by atoms with Crippen LogP contribution in [-0.4, -0.2) is 57.4 Å². The molecule has 2 bridgehead atoms. The molecule has 2 aliphatic heterocycles. The highest BCUT2D eigenvalue weighted by atomic mass is 79.9. The maximum absolute atomic E-state index is 11.3. The van der Waals surface area contributed by atoms with E-state index in [9.17, 15) is 5.11 Å². The summed E-state index contributed by atoms with van der Waals surface area (Å²) in [5.74, 6) is -2.14. The molecular weight excluding hydrogens is 396 g/mol. The fourth-order valence-electron chi connectivity index (χ4n) is 5.14. The summed E-state index contributed by atoms with van der Waals surface area (Å²) in [7, 11) is 3.19. The number of hydrogen-bond donors (Lipinski definition) is 1. The zero-order chi connectivity index (χ0) is 14.8. The second kappa shape index (κ2) is 3.32. The lowest BCUT2D eigenvalue weighted by Gasteiger charge is -2.57. The van der Waals surface area contributed by atoms with E-state index in [1.54, 1.807) is 14.2 Å². The third-order valence-electron chi connectivity index (χ3n) is 5.95. The van der Waals surface area contributed by atoms with Crippen LogP contribution in [0.2, 0.25) is 0 Å². The Morgan fingerprint density at radius 1 is 1.20 bits per heavy atom. The largest absolute Gasteiger partial charge is 0.380 e. The summed E-state index contributed by atoms with van der Waals surface area (Å²) in [5.41, 5.74) is -1.65. The predicted molar refractivity (Wildman–Crippen MR) is 77.0 cm³/mol. The maximum Gasteiger partial charge on any atom is 0.223 e. The van der Waals surface area contributed by atoms with Gasteiger partial charge in [-0.25, -0.2) is 0 Å². The third kappa shape index (κ3) is 0.885. The van der Waals surface area contributed by atoms with Crippen LogP contribution in [0, 0.1) is 5.92 Å². The first-order chi connectivity index (χ1) is 9.12. The highest BCUT2D eigenvalue weighted by Gasteiger charge is 3.03. The van der Waals surface area contributed by atoms with Gasteiger partial charge in [0, 0.05) is 20.1 Å². The summed E-state index contributed by atoms with van der Waals surface area (Å²) in [6.45, 7) is 4.23. The minimum atomic E-state index is -1.19. The van der Waals surface area contributed by atoms with Gasteiger partial charge in [0.05, 0.1) is 12.2 Å². The van der Waals surface area contributed by atoms with Crippen molar-refractivity contribution in [1.82, 2.24) is 0 Å². The van der Waals surface area contributed by atoms with Crippen molar-refractivity contribution < 1.29 is 24.1 Å². The van der Waals surface area contributed by atoms with Crippen molar-refractivity contribution in [3.63, 3.8) is 0 Å². The van der Waals surface area contributed by atoms with Crippen molar-refractivity contribution in [3.8, 4) is 0 Å². The molecule has 5 atom stereocenters. The van der Waals surface area contributed by atoms with Crippen molar-refractivity contribution in [2.75, 3.05) is 20.8 Å². The summed E-state index contributed by atoms with van der Waals surface area (Å²) in [4.78, 5) is 0. The summed E-state index contributed by atoms with van der Waals surface area (Å²) >= 11 is 7.58. The topological polar surface area (TPSA) is 57.2 Å². The number of halogens is 2. The average Bonchev–Trinajstić information content (AvgIpc) is 2.72. The number of hydrogen-bond acceptors (Lipinski definition) is 5. The molecule has 20 heavy (non-hydrogen) atoms. The van der Waals surface area contributed by atoms with Crippen molar-refractivity contribution in [1.29, 1.82) is 0 Å². The number of fused-ring (bicyclic) bond motifs is 2. The van der Waals surface area contributed by atoms with Gasteiger partial charge in [0.1, 0.15) is 8.65 Å². The molecule has 0 amide bonds. The average molecular weight is 414 g/mol. The first-order valence-corrected chi connectivity index (χ1v) is 8.26. The van der Waals surface area contributed by atoms with Gasteiger partial charge in [-0.15, -0.1) is 0 Å². The van der Waals surface area contributed by atoms with E-state index >= 15 is 0 Å². The van der Waals surface area contributed by atoms with Crippen LogP contribution in [0.15, 0.2) is 0 Å². The lowest BCUT2D eigenvalue weighted by molar-refractivity contribution is -0.407. The molecule has 1 spiro atoms. The summed E-state index contributed by atoms with van der Waals surface area (Å²) in [6.07, 6.45) is 0.675. The normalized spacial score (nSPS) is 60.5. The van der Waals surface area contributed by atoms with E-state index in [1.807, 2.05) is 13.8 Å². The molecule has 0 unspecified atom stereocenters. The van der Waals surface area contributed by atoms with E-state index in [2.05, 4.69) is 31.9 Å². The standard InChI is InChI=1S/C13H18Br2O5/c1-8(2)7-5-9(14)10(16)6-19-13(10,20-8)11(7,15)12(9,17-3)18-4/h7,16H,5-6H2,1-4H3/t7-,9-,10-,11-,13-/m0/s1. The molecule has 7 heteroatoms. The summed E-state index contributed by atoms with van der Waals surface area (Å²) < 4.78 is 22.1. The first kappa shape index (κ1) is 14.4. The van der Waals surface area contributed by atoms with E-state index < -0.39 is 31.4 Å². The van der Waals surface area contributed by atoms with E-state index in [0.29, 0.717) is 6.42 Å². The van der Waals surface area contributed by atoms with Crippen LogP contribution in [0.4, 0.5) is 0 Å². The molecule has 5 nitrogen and oxygen atoms in total. The monoisotopic (exact) mass is 412 g/mol. The van der Waals surface area contributed by atoms with E-state index in [4.69, 9.17) is 18.9 Å². The van der Waals surface area contributed by atoms with Gasteiger partial charge in [0.2, 0.25) is 11.6 Å². The number of rotatable bonds is 2. The molecule has 4 fully saturated rings. The fourth-order valence-corrected chi connectivity index (χ4v) is 8.64. The van der Waals surface area contributed by atoms with Crippen LogP contribution in [-0.2, 0) is 18.9 Å². The smallest absolute Gasteiger partial charge is 0.223 e. The van der Waals surface area contributed by atoms with Crippen molar-refractivity contribution in [3.05, 3.63) is 0 Å². The minimum Gasteiger partial charge on any atom is -0.380 e. The molecule has 1 N–H and O–H groups in total. The Balaban J connectivity index is 2.07. The molecule has 2 heterocycles. The Morgan fingerprint density at radius 2 is 1.80 bits per heavy atom. The van der Waals surface area contributed by atoms with Gasteiger partial charge in [-0.1, -0.05) is 31.9 Å².